The maximum absolute atomic E-state index is 12.2. The molecule has 0 atom stereocenters. The molecule has 2 amide bonds. The molecule has 0 saturated heterocycles. The molecule has 0 aliphatic heterocycles. The lowest BCUT2D eigenvalue weighted by Gasteiger charge is -2.12. The Morgan fingerprint density at radius 2 is 1.53 bits per heavy atom. The number of hydrogen-bond acceptors (Lipinski definition) is 4. The zero-order valence-electron chi connectivity index (χ0n) is 16.5. The number of carbonyl (C=O) groups is 2. The van der Waals surface area contributed by atoms with Gasteiger partial charge >= 0.3 is 12.0 Å². The van der Waals surface area contributed by atoms with Gasteiger partial charge in [0.25, 0.3) is 0 Å². The molecule has 0 spiro atoms. The van der Waals surface area contributed by atoms with Crippen molar-refractivity contribution in [1.82, 2.24) is 0 Å². The highest BCUT2D eigenvalue weighted by Gasteiger charge is 2.15. The number of urea groups is 1. The molecule has 3 aromatic carbocycles. The number of methoxy groups -OCH3 is 1. The topological polar surface area (TPSA) is 76.7 Å². The minimum Gasteiger partial charge on any atom is -0.489 e. The molecule has 3 aromatic rings. The van der Waals surface area contributed by atoms with Gasteiger partial charge in [-0.15, -0.1) is 0 Å². The molecule has 0 aliphatic carbocycles. The summed E-state index contributed by atoms with van der Waals surface area (Å²) in [5.41, 5.74) is 2.38. The highest BCUT2D eigenvalue weighted by molar-refractivity contribution is 6.01. The molecule has 0 radical (unpaired) electrons. The van der Waals surface area contributed by atoms with E-state index in [-0.39, 0.29) is 12.2 Å². The van der Waals surface area contributed by atoms with E-state index in [1.165, 1.54) is 13.2 Å². The molecule has 0 unspecified atom stereocenters. The number of carbonyl (C=O) groups excluding carboxylic acids is 2. The van der Waals surface area contributed by atoms with Crippen molar-refractivity contribution in [3.63, 3.8) is 0 Å². The number of anilines is 2. The van der Waals surface area contributed by atoms with Gasteiger partial charge in [-0.1, -0.05) is 54.6 Å². The first-order chi connectivity index (χ1) is 14.7. The molecular weight excluding hydrogens is 380 g/mol. The fraction of sp³-hybridized carbons (Fsp3) is 0.0833. The van der Waals surface area contributed by atoms with Crippen molar-refractivity contribution in [2.24, 2.45) is 0 Å². The average Bonchev–Trinajstić information content (AvgIpc) is 2.78. The highest BCUT2D eigenvalue weighted by atomic mass is 16.5. The Hall–Kier alpha value is -4.06. The first-order valence-corrected chi connectivity index (χ1v) is 9.35. The number of rotatable bonds is 7. The van der Waals surface area contributed by atoms with Gasteiger partial charge in [0.2, 0.25) is 0 Å². The summed E-state index contributed by atoms with van der Waals surface area (Å²) in [5.74, 6) is -0.183. The van der Waals surface area contributed by atoms with Crippen molar-refractivity contribution in [3.05, 3.63) is 96.1 Å². The molecule has 6 nitrogen and oxygen atoms in total. The van der Waals surface area contributed by atoms with Gasteiger partial charge in [-0.05, 0) is 42.0 Å². The molecule has 0 heterocycles. The van der Waals surface area contributed by atoms with E-state index in [0.717, 1.165) is 5.56 Å². The van der Waals surface area contributed by atoms with Crippen LogP contribution in [0.3, 0.4) is 0 Å². The largest absolute Gasteiger partial charge is 0.489 e. The summed E-state index contributed by atoms with van der Waals surface area (Å²) in [4.78, 5) is 24.4. The van der Waals surface area contributed by atoms with E-state index in [1.54, 1.807) is 24.3 Å². The second-order valence-electron chi connectivity index (χ2n) is 6.27. The molecule has 2 N–H and O–H groups in total. The van der Waals surface area contributed by atoms with Crippen LogP contribution in [0, 0.1) is 0 Å². The molecule has 6 heteroatoms. The monoisotopic (exact) mass is 402 g/mol. The normalized spacial score (nSPS) is 10.4. The lowest BCUT2D eigenvalue weighted by Crippen LogP contribution is -2.19. The quantitative estimate of drug-likeness (QED) is 0.532. The molecule has 0 saturated carbocycles. The summed E-state index contributed by atoms with van der Waals surface area (Å²) in [6, 6.07) is 23.3. The molecule has 30 heavy (non-hydrogen) atoms. The molecule has 3 rings (SSSR count). The second kappa shape index (κ2) is 10.5. The number of ether oxygens (including phenoxy) is 2. The van der Waals surface area contributed by atoms with E-state index in [1.807, 2.05) is 60.7 Å². The van der Waals surface area contributed by atoms with Crippen LogP contribution in [0.4, 0.5) is 16.2 Å². The minimum atomic E-state index is -0.552. The van der Waals surface area contributed by atoms with Gasteiger partial charge in [-0.2, -0.15) is 0 Å². The first-order valence-electron chi connectivity index (χ1n) is 9.35. The number of amides is 2. The van der Waals surface area contributed by atoms with Crippen LogP contribution in [-0.4, -0.2) is 25.7 Å². The Bertz CT molecular complexity index is 1020. The fourth-order valence-corrected chi connectivity index (χ4v) is 2.70. The fourth-order valence-electron chi connectivity index (χ4n) is 2.70. The molecule has 0 aromatic heterocycles. The maximum atomic E-state index is 12.2. The number of hydrogen-bond donors (Lipinski definition) is 2. The maximum Gasteiger partial charge on any atom is 0.341 e. The van der Waals surface area contributed by atoms with Crippen LogP contribution >= 0.6 is 0 Å². The summed E-state index contributed by atoms with van der Waals surface area (Å²) in [7, 11) is 1.30. The molecular formula is C24H22N2O4. The molecule has 0 aliphatic rings. The standard InChI is InChI=1S/C24H22N2O4/c1-29-23(27)21-17-20(26-24(28)25-19-12-6-3-7-13-19)14-15-22(21)30-16-8-11-18-9-4-2-5-10-18/h2-15,17H,16H2,1H3,(H2,25,26,28). The minimum absolute atomic E-state index is 0.225. The predicted molar refractivity (Wildman–Crippen MR) is 118 cm³/mol. The lowest BCUT2D eigenvalue weighted by molar-refractivity contribution is 0.0596. The summed E-state index contributed by atoms with van der Waals surface area (Å²) in [5, 5.41) is 5.42. The van der Waals surface area contributed by atoms with Crippen molar-refractivity contribution in [3.8, 4) is 5.75 Å². The predicted octanol–water partition coefficient (Wildman–Crippen LogP) is 5.21. The van der Waals surface area contributed by atoms with E-state index in [2.05, 4.69) is 10.6 Å². The highest BCUT2D eigenvalue weighted by Crippen LogP contribution is 2.24. The number of nitrogens with one attached hydrogen (secondary N) is 2. The number of benzene rings is 3. The van der Waals surface area contributed by atoms with E-state index < -0.39 is 12.0 Å². The number of esters is 1. The summed E-state index contributed by atoms with van der Waals surface area (Å²) in [6.07, 6.45) is 3.79. The van der Waals surface area contributed by atoms with Gasteiger partial charge in [-0.3, -0.25) is 0 Å². The summed E-state index contributed by atoms with van der Waals surface area (Å²) in [6.45, 7) is 0.278. The lowest BCUT2D eigenvalue weighted by atomic mass is 10.1. The SMILES string of the molecule is COC(=O)c1cc(NC(=O)Nc2ccccc2)ccc1OCC=Cc1ccccc1. The van der Waals surface area contributed by atoms with Gasteiger partial charge in [0.05, 0.1) is 7.11 Å². The van der Waals surface area contributed by atoms with Crippen molar-refractivity contribution < 1.29 is 19.1 Å². The van der Waals surface area contributed by atoms with Gasteiger partial charge < -0.3 is 20.1 Å². The third-order valence-corrected chi connectivity index (χ3v) is 4.12. The van der Waals surface area contributed by atoms with Crippen molar-refractivity contribution in [1.29, 1.82) is 0 Å². The third kappa shape index (κ3) is 5.97. The van der Waals surface area contributed by atoms with Gasteiger partial charge in [-0.25, -0.2) is 9.59 Å². The Kier molecular flexibility index (Phi) is 7.22. The van der Waals surface area contributed by atoms with Gasteiger partial charge in [0.15, 0.2) is 0 Å². The van der Waals surface area contributed by atoms with Crippen molar-refractivity contribution in [2.45, 2.75) is 0 Å². The number of para-hydroxylation sites is 1. The van der Waals surface area contributed by atoms with Crippen LogP contribution in [-0.2, 0) is 4.74 Å². The van der Waals surface area contributed by atoms with Crippen LogP contribution in [0.5, 0.6) is 5.75 Å². The van der Waals surface area contributed by atoms with Crippen molar-refractivity contribution >= 4 is 29.5 Å². The molecule has 0 bridgehead atoms. The second-order valence-corrected chi connectivity index (χ2v) is 6.27. The van der Waals surface area contributed by atoms with Gasteiger partial charge in [0, 0.05) is 11.4 Å². The van der Waals surface area contributed by atoms with Crippen LogP contribution in [0.1, 0.15) is 15.9 Å². The zero-order chi connectivity index (χ0) is 21.2. The third-order valence-electron chi connectivity index (χ3n) is 4.12. The smallest absolute Gasteiger partial charge is 0.341 e. The molecule has 0 fully saturated rings. The van der Waals surface area contributed by atoms with Crippen LogP contribution in [0.25, 0.3) is 6.08 Å². The van der Waals surface area contributed by atoms with E-state index in [9.17, 15) is 9.59 Å². The van der Waals surface area contributed by atoms with Crippen LogP contribution in [0.15, 0.2) is 84.9 Å². The first kappa shape index (κ1) is 20.7. The average molecular weight is 402 g/mol. The Morgan fingerprint density at radius 3 is 2.23 bits per heavy atom. The Labute approximate surface area is 175 Å². The van der Waals surface area contributed by atoms with E-state index in [0.29, 0.717) is 17.1 Å². The van der Waals surface area contributed by atoms with Crippen LogP contribution < -0.4 is 15.4 Å². The van der Waals surface area contributed by atoms with Crippen molar-refractivity contribution in [2.75, 3.05) is 24.4 Å². The molecule has 152 valence electrons. The Morgan fingerprint density at radius 1 is 0.867 bits per heavy atom. The summed E-state index contributed by atoms with van der Waals surface area (Å²) < 4.78 is 10.6. The zero-order valence-corrected chi connectivity index (χ0v) is 16.5. The van der Waals surface area contributed by atoms with Crippen LogP contribution in [0.2, 0.25) is 0 Å². The van der Waals surface area contributed by atoms with Gasteiger partial charge in [0.1, 0.15) is 17.9 Å². The summed E-state index contributed by atoms with van der Waals surface area (Å²) >= 11 is 0. The Balaban J connectivity index is 1.66. The van der Waals surface area contributed by atoms with E-state index >= 15 is 0 Å². The van der Waals surface area contributed by atoms with E-state index in [4.69, 9.17) is 9.47 Å².